The van der Waals surface area contributed by atoms with Crippen molar-refractivity contribution >= 4 is 0 Å². The van der Waals surface area contributed by atoms with Crippen molar-refractivity contribution in [1.82, 2.24) is 0 Å². The molecule has 1 aromatic carbocycles. The minimum atomic E-state index is -0.786. The van der Waals surface area contributed by atoms with Gasteiger partial charge < -0.3 is 9.84 Å². The molecule has 0 amide bonds. The molecule has 0 aromatic heterocycles. The maximum atomic E-state index is 10.1. The second-order valence-corrected chi connectivity index (χ2v) is 4.99. The molecular weight excluding hydrogens is 224 g/mol. The van der Waals surface area contributed by atoms with E-state index in [4.69, 9.17) is 4.74 Å². The number of hydrogen-bond acceptors (Lipinski definition) is 2. The van der Waals surface area contributed by atoms with E-state index in [-0.39, 0.29) is 0 Å². The van der Waals surface area contributed by atoms with Gasteiger partial charge in [0.25, 0.3) is 0 Å². The van der Waals surface area contributed by atoms with Crippen LogP contribution >= 0.6 is 0 Å². The zero-order valence-electron chi connectivity index (χ0n) is 11.0. The predicted octanol–water partition coefficient (Wildman–Crippen LogP) is 3.58. The molecule has 0 fully saturated rings. The quantitative estimate of drug-likeness (QED) is 0.877. The number of hydrogen-bond donors (Lipinski definition) is 1. The monoisotopic (exact) mass is 244 g/mol. The molecule has 1 aromatic rings. The Balaban J connectivity index is 2.02. The summed E-state index contributed by atoms with van der Waals surface area (Å²) in [5.74, 6) is 0.864. The predicted molar refractivity (Wildman–Crippen MR) is 72.9 cm³/mol. The third-order valence-corrected chi connectivity index (χ3v) is 3.05. The molecule has 0 saturated carbocycles. The lowest BCUT2D eigenvalue weighted by molar-refractivity contribution is 0.0764. The van der Waals surface area contributed by atoms with Crippen LogP contribution in [0.5, 0.6) is 0 Å². The van der Waals surface area contributed by atoms with Gasteiger partial charge in [-0.25, -0.2) is 0 Å². The van der Waals surface area contributed by atoms with Crippen LogP contribution in [0.3, 0.4) is 0 Å². The summed E-state index contributed by atoms with van der Waals surface area (Å²) in [5.41, 5.74) is 1.49. The number of benzene rings is 1. The molecule has 1 atom stereocenters. The van der Waals surface area contributed by atoms with E-state index in [1.807, 2.05) is 49.4 Å². The lowest BCUT2D eigenvalue weighted by Crippen LogP contribution is -2.25. The van der Waals surface area contributed by atoms with Gasteiger partial charge in [-0.2, -0.15) is 0 Å². The average Bonchev–Trinajstić information content (AvgIpc) is 2.36. The minimum absolute atomic E-state index is 0.545. The highest BCUT2D eigenvalue weighted by atomic mass is 16.5. The van der Waals surface area contributed by atoms with Crippen molar-refractivity contribution in [2.24, 2.45) is 0 Å². The molecule has 2 rings (SSSR count). The summed E-state index contributed by atoms with van der Waals surface area (Å²) in [4.78, 5) is 0. The van der Waals surface area contributed by atoms with Gasteiger partial charge in [0.1, 0.15) is 6.61 Å². The van der Waals surface area contributed by atoms with E-state index in [1.165, 1.54) is 0 Å². The van der Waals surface area contributed by atoms with Crippen LogP contribution in [0.1, 0.15) is 32.3 Å². The second kappa shape index (κ2) is 5.40. The molecule has 1 N–H and O–H groups in total. The minimum Gasteiger partial charge on any atom is -0.493 e. The Morgan fingerprint density at radius 3 is 2.67 bits per heavy atom. The highest BCUT2D eigenvalue weighted by Crippen LogP contribution is 2.28. The van der Waals surface area contributed by atoms with E-state index in [0.717, 1.165) is 23.3 Å². The molecule has 1 aliphatic carbocycles. The SMILES string of the molecule is CCC1=CC(C)(O)CC(OCc2ccccc2)=C1. The number of ether oxygens (including phenoxy) is 1. The lowest BCUT2D eigenvalue weighted by Gasteiger charge is -2.26. The molecule has 0 radical (unpaired) electrons. The van der Waals surface area contributed by atoms with E-state index < -0.39 is 5.60 Å². The summed E-state index contributed by atoms with van der Waals surface area (Å²) in [6.07, 6.45) is 5.42. The first kappa shape index (κ1) is 12.9. The molecule has 0 bridgehead atoms. The molecule has 96 valence electrons. The Bertz CT molecular complexity index is 455. The van der Waals surface area contributed by atoms with Gasteiger partial charge in [-0.15, -0.1) is 0 Å². The van der Waals surface area contributed by atoms with Gasteiger partial charge in [-0.05, 0) is 36.6 Å². The summed E-state index contributed by atoms with van der Waals surface area (Å²) in [6, 6.07) is 10.1. The van der Waals surface area contributed by atoms with Crippen molar-refractivity contribution in [3.8, 4) is 0 Å². The topological polar surface area (TPSA) is 29.5 Å². The van der Waals surface area contributed by atoms with Crippen molar-refractivity contribution in [1.29, 1.82) is 0 Å². The molecule has 1 unspecified atom stereocenters. The molecule has 2 nitrogen and oxygen atoms in total. The van der Waals surface area contributed by atoms with Crippen LogP contribution in [-0.2, 0) is 11.3 Å². The van der Waals surface area contributed by atoms with Crippen LogP contribution < -0.4 is 0 Å². The first-order valence-electron chi connectivity index (χ1n) is 6.40. The van der Waals surface area contributed by atoms with Crippen molar-refractivity contribution < 1.29 is 9.84 Å². The molecule has 0 saturated heterocycles. The van der Waals surface area contributed by atoms with Gasteiger partial charge in [0.15, 0.2) is 0 Å². The third-order valence-electron chi connectivity index (χ3n) is 3.05. The van der Waals surface area contributed by atoms with E-state index in [9.17, 15) is 5.11 Å². The number of rotatable bonds is 4. The summed E-state index contributed by atoms with van der Waals surface area (Å²) in [5, 5.41) is 10.1. The van der Waals surface area contributed by atoms with Crippen molar-refractivity contribution in [3.63, 3.8) is 0 Å². The Morgan fingerprint density at radius 2 is 2.00 bits per heavy atom. The summed E-state index contributed by atoms with van der Waals surface area (Å²) < 4.78 is 5.80. The molecule has 1 aliphatic rings. The van der Waals surface area contributed by atoms with Gasteiger partial charge in [-0.1, -0.05) is 37.3 Å². The van der Waals surface area contributed by atoms with Crippen molar-refractivity contribution in [2.75, 3.05) is 0 Å². The third kappa shape index (κ3) is 3.47. The zero-order chi connectivity index (χ0) is 13.0. The molecule has 0 heterocycles. The van der Waals surface area contributed by atoms with Crippen LogP contribution in [0.25, 0.3) is 0 Å². The van der Waals surface area contributed by atoms with Gasteiger partial charge in [0, 0.05) is 6.42 Å². The summed E-state index contributed by atoms with van der Waals surface area (Å²) in [7, 11) is 0. The largest absolute Gasteiger partial charge is 0.493 e. The van der Waals surface area contributed by atoms with Crippen LogP contribution in [0.15, 0.2) is 53.8 Å². The van der Waals surface area contributed by atoms with Gasteiger partial charge in [0.2, 0.25) is 0 Å². The summed E-state index contributed by atoms with van der Waals surface area (Å²) in [6.45, 7) is 4.46. The zero-order valence-corrected chi connectivity index (χ0v) is 11.0. The van der Waals surface area contributed by atoms with Crippen molar-refractivity contribution in [3.05, 3.63) is 59.4 Å². The summed E-state index contributed by atoms with van der Waals surface area (Å²) >= 11 is 0. The highest BCUT2D eigenvalue weighted by Gasteiger charge is 2.24. The molecular formula is C16H20O2. The maximum Gasteiger partial charge on any atom is 0.113 e. The van der Waals surface area contributed by atoms with E-state index in [1.54, 1.807) is 0 Å². The molecule has 0 spiro atoms. The maximum absolute atomic E-state index is 10.1. The van der Waals surface area contributed by atoms with Crippen LogP contribution in [0, 0.1) is 0 Å². The first-order valence-corrected chi connectivity index (χ1v) is 6.40. The van der Waals surface area contributed by atoms with E-state index >= 15 is 0 Å². The van der Waals surface area contributed by atoms with Gasteiger partial charge in [-0.3, -0.25) is 0 Å². The first-order chi connectivity index (χ1) is 8.59. The normalized spacial score (nSPS) is 23.3. The molecule has 0 aliphatic heterocycles. The second-order valence-electron chi connectivity index (χ2n) is 4.99. The lowest BCUT2D eigenvalue weighted by atomic mass is 9.91. The van der Waals surface area contributed by atoms with Crippen LogP contribution in [0.2, 0.25) is 0 Å². The smallest absolute Gasteiger partial charge is 0.113 e. The van der Waals surface area contributed by atoms with E-state index in [0.29, 0.717) is 13.0 Å². The highest BCUT2D eigenvalue weighted by molar-refractivity contribution is 5.30. The Hall–Kier alpha value is -1.54. The molecule has 2 heteroatoms. The fourth-order valence-electron chi connectivity index (χ4n) is 2.15. The number of aliphatic hydroxyl groups is 1. The fourth-order valence-corrected chi connectivity index (χ4v) is 2.15. The van der Waals surface area contributed by atoms with Crippen molar-refractivity contribution in [2.45, 2.75) is 38.9 Å². The van der Waals surface area contributed by atoms with E-state index in [2.05, 4.69) is 6.92 Å². The van der Waals surface area contributed by atoms with Gasteiger partial charge in [0.05, 0.1) is 11.4 Å². The fraction of sp³-hybridized carbons (Fsp3) is 0.375. The molecule has 18 heavy (non-hydrogen) atoms. The average molecular weight is 244 g/mol. The van der Waals surface area contributed by atoms with Gasteiger partial charge >= 0.3 is 0 Å². The Kier molecular flexibility index (Phi) is 3.87. The number of allylic oxidation sites excluding steroid dienone is 2. The standard InChI is InChI=1S/C16H20O2/c1-3-13-9-15(11-16(2,17)10-13)18-12-14-7-5-4-6-8-14/h4-10,17H,3,11-12H2,1-2H3. The Morgan fingerprint density at radius 1 is 1.28 bits per heavy atom. The Labute approximate surface area is 109 Å². The van der Waals surface area contributed by atoms with Crippen LogP contribution in [0.4, 0.5) is 0 Å². The van der Waals surface area contributed by atoms with Crippen LogP contribution in [-0.4, -0.2) is 10.7 Å².